The largest absolute Gasteiger partial charge is 0.478 e. The second-order valence-electron chi connectivity index (χ2n) is 6.29. The van der Waals surface area contributed by atoms with Gasteiger partial charge in [-0.2, -0.15) is 0 Å². The van der Waals surface area contributed by atoms with Crippen molar-refractivity contribution < 1.29 is 9.90 Å². The molecule has 2 aliphatic rings. The summed E-state index contributed by atoms with van der Waals surface area (Å²) in [6.07, 6.45) is 8.96. The van der Waals surface area contributed by atoms with Gasteiger partial charge >= 0.3 is 5.97 Å². The quantitative estimate of drug-likeness (QED) is 0.826. The van der Waals surface area contributed by atoms with Gasteiger partial charge in [0.25, 0.3) is 0 Å². The highest BCUT2D eigenvalue weighted by Gasteiger charge is 2.40. The molecular weight excluding hydrogens is 288 g/mol. The van der Waals surface area contributed by atoms with Crippen LogP contribution in [-0.4, -0.2) is 16.1 Å². The zero-order valence-electron chi connectivity index (χ0n) is 12.9. The number of aromatic carboxylic acids is 1. The maximum absolute atomic E-state index is 11.7. The van der Waals surface area contributed by atoms with Gasteiger partial charge in [-0.05, 0) is 48.1 Å². The second kappa shape index (κ2) is 5.23. The average Bonchev–Trinajstić information content (AvgIpc) is 3.05. The highest BCUT2D eigenvalue weighted by molar-refractivity contribution is 5.93. The van der Waals surface area contributed by atoms with E-state index < -0.39 is 5.97 Å². The molecule has 1 aliphatic carbocycles. The number of nitrogens with zero attached hydrogens (tertiary/aromatic N) is 1. The third kappa shape index (κ3) is 2.13. The monoisotopic (exact) mass is 306 g/mol. The first-order valence-electron chi connectivity index (χ1n) is 7.86. The maximum atomic E-state index is 11.7. The number of carboxylic acids is 1. The van der Waals surface area contributed by atoms with Crippen LogP contribution in [0.5, 0.6) is 0 Å². The lowest BCUT2D eigenvalue weighted by molar-refractivity contribution is 0.0695. The minimum Gasteiger partial charge on any atom is -0.478 e. The fourth-order valence-corrected chi connectivity index (χ4v) is 3.93. The van der Waals surface area contributed by atoms with Crippen molar-refractivity contribution in [2.45, 2.75) is 25.3 Å². The van der Waals surface area contributed by atoms with Gasteiger partial charge in [0.15, 0.2) is 0 Å². The number of fused-ring (bicyclic) bond motifs is 3. The molecule has 4 heteroatoms. The summed E-state index contributed by atoms with van der Waals surface area (Å²) in [4.78, 5) is 15.9. The maximum Gasteiger partial charge on any atom is 0.336 e. The summed E-state index contributed by atoms with van der Waals surface area (Å²) in [5, 5.41) is 13.2. The predicted molar refractivity (Wildman–Crippen MR) is 88.7 cm³/mol. The van der Waals surface area contributed by atoms with Crippen LogP contribution in [0.1, 0.15) is 45.4 Å². The van der Waals surface area contributed by atoms with Crippen LogP contribution in [0.15, 0.2) is 48.8 Å². The lowest BCUT2D eigenvalue weighted by atomic mass is 9.75. The van der Waals surface area contributed by atoms with Crippen molar-refractivity contribution in [3.63, 3.8) is 0 Å². The topological polar surface area (TPSA) is 62.2 Å². The zero-order valence-corrected chi connectivity index (χ0v) is 12.9. The molecule has 0 spiro atoms. The number of aromatic nitrogens is 1. The lowest BCUT2D eigenvalue weighted by Crippen LogP contribution is -2.31. The number of rotatable bonds is 2. The molecule has 0 unspecified atom stereocenters. The molecule has 0 saturated carbocycles. The number of allylic oxidation sites excluding steroid dienone is 2. The molecule has 1 aromatic carbocycles. The van der Waals surface area contributed by atoms with Crippen LogP contribution in [0.25, 0.3) is 0 Å². The van der Waals surface area contributed by atoms with Gasteiger partial charge in [0.05, 0.1) is 11.6 Å². The third-order valence-electron chi connectivity index (χ3n) is 5.00. The number of hydrogen-bond donors (Lipinski definition) is 2. The van der Waals surface area contributed by atoms with E-state index in [0.29, 0.717) is 11.5 Å². The van der Waals surface area contributed by atoms with Crippen molar-refractivity contribution >= 4 is 11.7 Å². The molecule has 0 saturated heterocycles. The summed E-state index contributed by atoms with van der Waals surface area (Å²) in [5.41, 5.74) is 4.53. The molecule has 0 amide bonds. The van der Waals surface area contributed by atoms with Crippen molar-refractivity contribution in [1.29, 1.82) is 0 Å². The van der Waals surface area contributed by atoms with E-state index in [2.05, 4.69) is 28.5 Å². The summed E-state index contributed by atoms with van der Waals surface area (Å²) >= 11 is 0. The van der Waals surface area contributed by atoms with Crippen molar-refractivity contribution in [3.8, 4) is 0 Å². The Morgan fingerprint density at radius 1 is 1.35 bits per heavy atom. The molecule has 0 bridgehead atoms. The van der Waals surface area contributed by atoms with E-state index in [1.807, 2.05) is 25.3 Å². The van der Waals surface area contributed by atoms with Crippen LogP contribution in [-0.2, 0) is 0 Å². The van der Waals surface area contributed by atoms with Crippen LogP contribution in [0, 0.1) is 12.8 Å². The van der Waals surface area contributed by atoms with Crippen molar-refractivity contribution in [2.75, 3.05) is 5.32 Å². The Hall–Kier alpha value is -2.62. The molecule has 4 rings (SSSR count). The van der Waals surface area contributed by atoms with Crippen LogP contribution in [0.2, 0.25) is 0 Å². The zero-order chi connectivity index (χ0) is 16.0. The normalized spacial score (nSPS) is 24.7. The average molecular weight is 306 g/mol. The first kappa shape index (κ1) is 14.0. The Morgan fingerprint density at radius 2 is 2.22 bits per heavy atom. The van der Waals surface area contributed by atoms with Gasteiger partial charge in [0.1, 0.15) is 0 Å². The molecule has 23 heavy (non-hydrogen) atoms. The fraction of sp³-hybridized carbons (Fsp3) is 0.263. The van der Waals surface area contributed by atoms with Crippen LogP contribution in [0.4, 0.5) is 5.69 Å². The molecule has 1 aromatic heterocycles. The van der Waals surface area contributed by atoms with E-state index in [4.69, 9.17) is 0 Å². The number of carbonyl (C=O) groups is 1. The first-order chi connectivity index (χ1) is 11.2. The van der Waals surface area contributed by atoms with Crippen molar-refractivity contribution in [1.82, 2.24) is 4.98 Å². The number of aryl methyl sites for hydroxylation is 1. The van der Waals surface area contributed by atoms with Gasteiger partial charge in [0.2, 0.25) is 0 Å². The molecule has 3 atom stereocenters. The highest BCUT2D eigenvalue weighted by atomic mass is 16.4. The van der Waals surface area contributed by atoms with Crippen LogP contribution < -0.4 is 5.32 Å². The summed E-state index contributed by atoms with van der Waals surface area (Å²) in [5.74, 6) is -0.393. The van der Waals surface area contributed by atoms with Gasteiger partial charge in [-0.15, -0.1) is 0 Å². The molecule has 2 heterocycles. The molecular formula is C19H18N2O2. The third-order valence-corrected chi connectivity index (χ3v) is 5.00. The SMILES string of the molecule is Cc1ccc(C(=O)O)c2c1N[C@H](c1cccnc1)[C@@H]1CC=C[C@@H]21. The molecule has 0 fully saturated rings. The van der Waals surface area contributed by atoms with E-state index in [0.717, 1.165) is 28.8 Å². The molecule has 0 radical (unpaired) electrons. The molecule has 116 valence electrons. The Morgan fingerprint density at radius 3 is 2.96 bits per heavy atom. The number of benzene rings is 1. The number of anilines is 1. The van der Waals surface area contributed by atoms with Crippen molar-refractivity contribution in [2.24, 2.45) is 5.92 Å². The minimum absolute atomic E-state index is 0.141. The Balaban J connectivity index is 1.89. The number of pyridine rings is 1. The Bertz CT molecular complexity index is 799. The van der Waals surface area contributed by atoms with Gasteiger partial charge < -0.3 is 10.4 Å². The fourth-order valence-electron chi connectivity index (χ4n) is 3.93. The van der Waals surface area contributed by atoms with E-state index >= 15 is 0 Å². The predicted octanol–water partition coefficient (Wildman–Crippen LogP) is 3.91. The lowest BCUT2D eigenvalue weighted by Gasteiger charge is -2.38. The van der Waals surface area contributed by atoms with E-state index in [1.54, 1.807) is 12.3 Å². The number of hydrogen-bond acceptors (Lipinski definition) is 3. The Labute approximate surface area is 134 Å². The van der Waals surface area contributed by atoms with Gasteiger partial charge in [-0.25, -0.2) is 4.79 Å². The molecule has 4 nitrogen and oxygen atoms in total. The summed E-state index contributed by atoms with van der Waals surface area (Å²) < 4.78 is 0. The minimum atomic E-state index is -0.859. The second-order valence-corrected chi connectivity index (χ2v) is 6.29. The van der Waals surface area contributed by atoms with Gasteiger partial charge in [-0.3, -0.25) is 4.98 Å². The van der Waals surface area contributed by atoms with E-state index in [9.17, 15) is 9.90 Å². The Kier molecular flexibility index (Phi) is 3.18. The van der Waals surface area contributed by atoms with Crippen LogP contribution >= 0.6 is 0 Å². The molecule has 2 aromatic rings. The first-order valence-corrected chi connectivity index (χ1v) is 7.86. The summed E-state index contributed by atoms with van der Waals surface area (Å²) in [7, 11) is 0. The van der Waals surface area contributed by atoms with E-state index in [-0.39, 0.29) is 12.0 Å². The number of nitrogens with one attached hydrogen (secondary N) is 1. The van der Waals surface area contributed by atoms with Gasteiger partial charge in [-0.1, -0.05) is 24.3 Å². The standard InChI is InChI=1S/C19H18N2O2/c1-11-7-8-15(19(22)23)16-13-5-2-6-14(13)18(21-17(11)16)12-4-3-9-20-10-12/h2-5,7-10,13-14,18,21H,6H2,1H3,(H,22,23)/t13-,14-,18-/m1/s1. The number of carboxylic acid groups (broad SMARTS) is 1. The summed E-state index contributed by atoms with van der Waals surface area (Å²) in [6, 6.07) is 7.80. The van der Waals surface area contributed by atoms with Crippen molar-refractivity contribution in [3.05, 3.63) is 71.1 Å². The van der Waals surface area contributed by atoms with Gasteiger partial charge in [0, 0.05) is 24.0 Å². The highest BCUT2D eigenvalue weighted by Crippen LogP contribution is 2.51. The van der Waals surface area contributed by atoms with Crippen LogP contribution in [0.3, 0.4) is 0 Å². The molecule has 1 aliphatic heterocycles. The van der Waals surface area contributed by atoms with E-state index in [1.165, 1.54) is 0 Å². The smallest absolute Gasteiger partial charge is 0.336 e. The molecule has 2 N–H and O–H groups in total. The summed E-state index contributed by atoms with van der Waals surface area (Å²) in [6.45, 7) is 2.02.